The van der Waals surface area contributed by atoms with Crippen LogP contribution < -0.4 is 4.74 Å². The van der Waals surface area contributed by atoms with Gasteiger partial charge < -0.3 is 4.74 Å². The second-order valence-corrected chi connectivity index (χ2v) is 6.22. The Balaban J connectivity index is 2.48. The zero-order chi connectivity index (χ0) is 12.2. The summed E-state index contributed by atoms with van der Waals surface area (Å²) >= 11 is 0. The Morgan fingerprint density at radius 2 is 1.62 bits per heavy atom. The van der Waals surface area contributed by atoms with E-state index in [4.69, 9.17) is 4.74 Å². The molecule has 0 radical (unpaired) electrons. The fourth-order valence-corrected chi connectivity index (χ4v) is 2.11. The standard InChI is InChI=1S/C13H22N2O/c1-12(2,3)9-13(4,5)10-16-11-14-7-6-8-15-11/h6-8H,9-10H2,1-5H3. The third-order valence-electron chi connectivity index (χ3n) is 2.14. The van der Waals surface area contributed by atoms with Crippen LogP contribution in [0.15, 0.2) is 18.5 Å². The highest BCUT2D eigenvalue weighted by Crippen LogP contribution is 2.33. The first-order valence-electron chi connectivity index (χ1n) is 5.68. The summed E-state index contributed by atoms with van der Waals surface area (Å²) in [5.41, 5.74) is 0.446. The van der Waals surface area contributed by atoms with Gasteiger partial charge in [-0.1, -0.05) is 34.6 Å². The maximum atomic E-state index is 5.59. The number of aromatic nitrogens is 2. The quantitative estimate of drug-likeness (QED) is 0.784. The molecule has 0 aliphatic rings. The van der Waals surface area contributed by atoms with Gasteiger partial charge in [-0.2, -0.15) is 0 Å². The molecule has 1 aromatic heterocycles. The fourth-order valence-electron chi connectivity index (χ4n) is 2.11. The minimum atomic E-state index is 0.136. The van der Waals surface area contributed by atoms with Crippen molar-refractivity contribution in [2.45, 2.75) is 41.0 Å². The van der Waals surface area contributed by atoms with Crippen LogP contribution in [0.1, 0.15) is 41.0 Å². The number of ether oxygens (including phenoxy) is 1. The molecule has 0 unspecified atom stereocenters. The molecule has 0 aliphatic heterocycles. The van der Waals surface area contributed by atoms with Crippen LogP contribution in [0.3, 0.4) is 0 Å². The van der Waals surface area contributed by atoms with E-state index in [0.29, 0.717) is 18.0 Å². The van der Waals surface area contributed by atoms with Gasteiger partial charge in [0.15, 0.2) is 0 Å². The van der Waals surface area contributed by atoms with E-state index >= 15 is 0 Å². The summed E-state index contributed by atoms with van der Waals surface area (Å²) in [5, 5.41) is 0. The molecule has 0 N–H and O–H groups in total. The van der Waals surface area contributed by atoms with Gasteiger partial charge >= 0.3 is 6.01 Å². The van der Waals surface area contributed by atoms with E-state index in [0.717, 1.165) is 6.42 Å². The molecule has 0 saturated heterocycles. The predicted octanol–water partition coefficient (Wildman–Crippen LogP) is 3.32. The van der Waals surface area contributed by atoms with Crippen molar-refractivity contribution in [3.63, 3.8) is 0 Å². The molecule has 0 atom stereocenters. The second-order valence-electron chi connectivity index (χ2n) is 6.22. The smallest absolute Gasteiger partial charge is 0.316 e. The van der Waals surface area contributed by atoms with Gasteiger partial charge in [0, 0.05) is 12.4 Å². The molecule has 0 spiro atoms. The van der Waals surface area contributed by atoms with Gasteiger partial charge in [0.25, 0.3) is 0 Å². The van der Waals surface area contributed by atoms with E-state index in [1.807, 2.05) is 0 Å². The lowest BCUT2D eigenvalue weighted by atomic mass is 9.77. The highest BCUT2D eigenvalue weighted by molar-refractivity contribution is 4.94. The van der Waals surface area contributed by atoms with Gasteiger partial charge in [0.05, 0.1) is 6.61 Å². The minimum absolute atomic E-state index is 0.136. The number of nitrogens with zero attached hydrogens (tertiary/aromatic N) is 2. The predicted molar refractivity (Wildman–Crippen MR) is 65.4 cm³/mol. The number of hydrogen-bond acceptors (Lipinski definition) is 3. The molecule has 1 heterocycles. The summed E-state index contributed by atoms with van der Waals surface area (Å²) in [6.45, 7) is 11.8. The molecule has 0 amide bonds. The Morgan fingerprint density at radius 3 is 2.12 bits per heavy atom. The second kappa shape index (κ2) is 4.81. The molecule has 1 rings (SSSR count). The molecule has 3 nitrogen and oxygen atoms in total. The monoisotopic (exact) mass is 222 g/mol. The molecular weight excluding hydrogens is 200 g/mol. The highest BCUT2D eigenvalue weighted by atomic mass is 16.5. The third kappa shape index (κ3) is 5.10. The van der Waals surface area contributed by atoms with Crippen molar-refractivity contribution in [1.82, 2.24) is 9.97 Å². The molecule has 3 heteroatoms. The van der Waals surface area contributed by atoms with Crippen LogP contribution in [0.2, 0.25) is 0 Å². The first-order chi connectivity index (χ1) is 7.29. The van der Waals surface area contributed by atoms with Crippen LogP contribution in [0.4, 0.5) is 0 Å². The average Bonchev–Trinajstić information content (AvgIpc) is 2.13. The van der Waals surface area contributed by atoms with Crippen molar-refractivity contribution in [2.24, 2.45) is 10.8 Å². The van der Waals surface area contributed by atoms with Crippen LogP contribution in [-0.2, 0) is 0 Å². The molecular formula is C13H22N2O. The number of hydrogen-bond donors (Lipinski definition) is 0. The first kappa shape index (κ1) is 12.9. The topological polar surface area (TPSA) is 35.0 Å². The van der Waals surface area contributed by atoms with Gasteiger partial charge in [-0.25, -0.2) is 9.97 Å². The Morgan fingerprint density at radius 1 is 1.06 bits per heavy atom. The van der Waals surface area contributed by atoms with Crippen LogP contribution >= 0.6 is 0 Å². The van der Waals surface area contributed by atoms with E-state index in [1.165, 1.54) is 0 Å². The summed E-state index contributed by atoms with van der Waals surface area (Å²) in [6, 6.07) is 2.25. The molecule has 0 bridgehead atoms. The van der Waals surface area contributed by atoms with Crippen molar-refractivity contribution < 1.29 is 4.74 Å². The lowest BCUT2D eigenvalue weighted by molar-refractivity contribution is 0.118. The minimum Gasteiger partial charge on any atom is -0.463 e. The lowest BCUT2D eigenvalue weighted by Crippen LogP contribution is -2.27. The Hall–Kier alpha value is -1.12. The first-order valence-corrected chi connectivity index (χ1v) is 5.68. The molecule has 90 valence electrons. The fraction of sp³-hybridized carbons (Fsp3) is 0.692. The maximum absolute atomic E-state index is 5.59. The Bertz CT molecular complexity index is 314. The van der Waals surface area contributed by atoms with Crippen LogP contribution in [0.5, 0.6) is 6.01 Å². The van der Waals surface area contributed by atoms with E-state index in [2.05, 4.69) is 44.6 Å². The lowest BCUT2D eigenvalue weighted by Gasteiger charge is -2.31. The summed E-state index contributed by atoms with van der Waals surface area (Å²) in [7, 11) is 0. The average molecular weight is 222 g/mol. The van der Waals surface area contributed by atoms with E-state index < -0.39 is 0 Å². The zero-order valence-electron chi connectivity index (χ0n) is 10.9. The van der Waals surface area contributed by atoms with Crippen molar-refractivity contribution in [3.8, 4) is 6.01 Å². The summed E-state index contributed by atoms with van der Waals surface area (Å²) in [6.07, 6.45) is 4.49. The van der Waals surface area contributed by atoms with Crippen molar-refractivity contribution in [3.05, 3.63) is 18.5 Å². The van der Waals surface area contributed by atoms with Crippen molar-refractivity contribution in [1.29, 1.82) is 0 Å². The van der Waals surface area contributed by atoms with Crippen LogP contribution in [-0.4, -0.2) is 16.6 Å². The van der Waals surface area contributed by atoms with E-state index in [1.54, 1.807) is 18.5 Å². The summed E-state index contributed by atoms with van der Waals surface area (Å²) < 4.78 is 5.59. The Kier molecular flexibility index (Phi) is 3.89. The Labute approximate surface area is 98.3 Å². The highest BCUT2D eigenvalue weighted by Gasteiger charge is 2.26. The summed E-state index contributed by atoms with van der Waals surface area (Å²) in [5.74, 6) is 0. The normalized spacial score (nSPS) is 12.6. The van der Waals surface area contributed by atoms with Gasteiger partial charge in [-0.15, -0.1) is 0 Å². The van der Waals surface area contributed by atoms with Gasteiger partial charge in [-0.3, -0.25) is 0 Å². The zero-order valence-corrected chi connectivity index (χ0v) is 10.9. The molecule has 16 heavy (non-hydrogen) atoms. The maximum Gasteiger partial charge on any atom is 0.316 e. The van der Waals surface area contributed by atoms with Gasteiger partial charge in [0.2, 0.25) is 0 Å². The molecule has 0 fully saturated rings. The number of rotatable bonds is 4. The van der Waals surface area contributed by atoms with Crippen molar-refractivity contribution in [2.75, 3.05) is 6.61 Å². The largest absolute Gasteiger partial charge is 0.463 e. The van der Waals surface area contributed by atoms with Crippen LogP contribution in [0.25, 0.3) is 0 Å². The SMILES string of the molecule is CC(C)(C)CC(C)(C)COc1ncccn1. The van der Waals surface area contributed by atoms with Crippen molar-refractivity contribution >= 4 is 0 Å². The van der Waals surface area contributed by atoms with E-state index in [-0.39, 0.29) is 5.41 Å². The molecule has 0 saturated carbocycles. The van der Waals surface area contributed by atoms with E-state index in [9.17, 15) is 0 Å². The van der Waals surface area contributed by atoms with Gasteiger partial charge in [0.1, 0.15) is 0 Å². The van der Waals surface area contributed by atoms with Crippen LogP contribution in [0, 0.1) is 10.8 Å². The third-order valence-corrected chi connectivity index (χ3v) is 2.14. The molecule has 0 aliphatic carbocycles. The molecule has 1 aromatic rings. The summed E-state index contributed by atoms with van der Waals surface area (Å²) in [4.78, 5) is 8.09. The molecule has 0 aromatic carbocycles. The van der Waals surface area contributed by atoms with Gasteiger partial charge in [-0.05, 0) is 23.3 Å².